The number of rotatable bonds is 6. The Morgan fingerprint density at radius 2 is 1.81 bits per heavy atom. The zero-order valence-corrected chi connectivity index (χ0v) is 17.0. The number of imidazole rings is 1. The van der Waals surface area contributed by atoms with E-state index in [2.05, 4.69) is 5.32 Å². The number of halogens is 4. The molecular formula is C20H17ClF3N3O4. The largest absolute Gasteiger partial charge is 0.456 e. The second-order valence-electron chi connectivity index (χ2n) is 6.63. The molecule has 0 aliphatic rings. The van der Waals surface area contributed by atoms with Crippen LogP contribution in [-0.4, -0.2) is 27.6 Å². The van der Waals surface area contributed by atoms with Gasteiger partial charge in [-0.15, -0.1) is 0 Å². The third-order valence-corrected chi connectivity index (χ3v) is 4.75. The molecule has 0 aliphatic heterocycles. The summed E-state index contributed by atoms with van der Waals surface area (Å²) in [6.45, 7) is -0.751. The third kappa shape index (κ3) is 5.08. The zero-order valence-electron chi connectivity index (χ0n) is 16.2. The molecule has 11 heteroatoms. The van der Waals surface area contributed by atoms with Crippen molar-refractivity contribution in [2.75, 3.05) is 11.9 Å². The summed E-state index contributed by atoms with van der Waals surface area (Å²) in [5.74, 6) is -1.72. The molecule has 1 heterocycles. The van der Waals surface area contributed by atoms with Gasteiger partial charge in [-0.05, 0) is 30.3 Å². The van der Waals surface area contributed by atoms with E-state index in [1.54, 1.807) is 31.3 Å². The Hall–Kier alpha value is -3.27. The van der Waals surface area contributed by atoms with Crippen LogP contribution in [0.5, 0.6) is 0 Å². The number of alkyl halides is 3. The van der Waals surface area contributed by atoms with E-state index >= 15 is 0 Å². The number of nitrogens with zero attached hydrogens (tertiary/aromatic N) is 2. The van der Waals surface area contributed by atoms with Crippen molar-refractivity contribution in [3.8, 4) is 0 Å². The molecule has 0 spiro atoms. The Bertz CT molecular complexity index is 1200. The summed E-state index contributed by atoms with van der Waals surface area (Å²) in [5, 5.41) is 1.92. The Kier molecular flexibility index (Phi) is 6.40. The van der Waals surface area contributed by atoms with Gasteiger partial charge in [0.15, 0.2) is 6.61 Å². The van der Waals surface area contributed by atoms with Gasteiger partial charge in [0.05, 0.1) is 28.7 Å². The number of aryl methyl sites for hydroxylation is 2. The Labute approximate surface area is 179 Å². The van der Waals surface area contributed by atoms with Crippen molar-refractivity contribution < 1.29 is 27.5 Å². The lowest BCUT2D eigenvalue weighted by molar-refractivity contribution is -0.147. The SMILES string of the molecule is Cn1c(=O)n(CCC(=O)OCC(=O)Nc2ccc(Cl)cc2C(F)(F)F)c2ccccc21. The number of aromatic nitrogens is 2. The summed E-state index contributed by atoms with van der Waals surface area (Å²) >= 11 is 5.59. The van der Waals surface area contributed by atoms with Gasteiger partial charge in [-0.3, -0.25) is 18.7 Å². The van der Waals surface area contributed by atoms with E-state index < -0.39 is 35.9 Å². The fraction of sp³-hybridized carbons (Fsp3) is 0.250. The van der Waals surface area contributed by atoms with Crippen molar-refractivity contribution in [3.05, 3.63) is 63.5 Å². The number of amides is 1. The predicted octanol–water partition coefficient (Wildman–Crippen LogP) is 3.58. The van der Waals surface area contributed by atoms with Crippen molar-refractivity contribution in [2.45, 2.75) is 19.1 Å². The number of anilines is 1. The van der Waals surface area contributed by atoms with Crippen LogP contribution < -0.4 is 11.0 Å². The standard InChI is InChI=1S/C20H17ClF3N3O4/c1-26-15-4-2-3-5-16(15)27(19(26)30)9-8-18(29)31-11-17(28)25-14-7-6-12(21)10-13(14)20(22,23)24/h2-7,10H,8-9,11H2,1H3,(H,25,28). The van der Waals surface area contributed by atoms with Crippen LogP contribution in [0.15, 0.2) is 47.3 Å². The van der Waals surface area contributed by atoms with E-state index in [1.807, 2.05) is 0 Å². The minimum Gasteiger partial charge on any atom is -0.456 e. The van der Waals surface area contributed by atoms with E-state index in [4.69, 9.17) is 16.3 Å². The quantitative estimate of drug-likeness (QED) is 0.576. The predicted molar refractivity (Wildman–Crippen MR) is 108 cm³/mol. The van der Waals surface area contributed by atoms with Crippen LogP contribution in [-0.2, 0) is 34.1 Å². The molecule has 0 atom stereocenters. The van der Waals surface area contributed by atoms with Crippen molar-refractivity contribution in [2.24, 2.45) is 7.05 Å². The molecule has 0 bridgehead atoms. The molecule has 1 aromatic heterocycles. The Morgan fingerprint density at radius 1 is 1.13 bits per heavy atom. The van der Waals surface area contributed by atoms with E-state index in [0.717, 1.165) is 6.07 Å². The highest BCUT2D eigenvalue weighted by Gasteiger charge is 2.34. The van der Waals surface area contributed by atoms with Crippen LogP contribution >= 0.6 is 11.6 Å². The molecule has 7 nitrogen and oxygen atoms in total. The van der Waals surface area contributed by atoms with Crippen LogP contribution in [0.25, 0.3) is 11.0 Å². The lowest BCUT2D eigenvalue weighted by atomic mass is 10.1. The number of nitrogens with one attached hydrogen (secondary N) is 1. The van der Waals surface area contributed by atoms with Crippen LogP contribution in [0.3, 0.4) is 0 Å². The van der Waals surface area contributed by atoms with Crippen molar-refractivity contribution in [3.63, 3.8) is 0 Å². The molecule has 0 unspecified atom stereocenters. The molecule has 3 rings (SSSR count). The van der Waals surface area contributed by atoms with Gasteiger partial charge in [-0.2, -0.15) is 13.2 Å². The molecule has 3 aromatic rings. The molecule has 2 aromatic carbocycles. The second-order valence-corrected chi connectivity index (χ2v) is 7.06. The summed E-state index contributed by atoms with van der Waals surface area (Å²) in [6.07, 6.45) is -4.92. The monoisotopic (exact) mass is 455 g/mol. The topological polar surface area (TPSA) is 82.3 Å². The van der Waals surface area contributed by atoms with Gasteiger partial charge in [0.25, 0.3) is 5.91 Å². The summed E-state index contributed by atoms with van der Waals surface area (Å²) in [7, 11) is 1.61. The molecule has 31 heavy (non-hydrogen) atoms. The molecule has 0 radical (unpaired) electrons. The smallest absolute Gasteiger partial charge is 0.418 e. The highest BCUT2D eigenvalue weighted by atomic mass is 35.5. The first-order valence-corrected chi connectivity index (χ1v) is 9.42. The first kappa shape index (κ1) is 22.4. The fourth-order valence-electron chi connectivity index (χ4n) is 3.05. The number of hydrogen-bond donors (Lipinski definition) is 1. The van der Waals surface area contributed by atoms with Crippen molar-refractivity contribution in [1.82, 2.24) is 9.13 Å². The highest BCUT2D eigenvalue weighted by Crippen LogP contribution is 2.36. The minimum atomic E-state index is -4.73. The summed E-state index contributed by atoms with van der Waals surface area (Å²) < 4.78 is 46.9. The lowest BCUT2D eigenvalue weighted by Crippen LogP contribution is -2.25. The summed E-state index contributed by atoms with van der Waals surface area (Å²) in [4.78, 5) is 36.2. The van der Waals surface area contributed by atoms with E-state index in [0.29, 0.717) is 17.1 Å². The van der Waals surface area contributed by atoms with Gasteiger partial charge >= 0.3 is 17.8 Å². The molecule has 0 aliphatic carbocycles. The average molecular weight is 456 g/mol. The normalized spacial score (nSPS) is 11.5. The number of esters is 1. The minimum absolute atomic E-state index is 0.0239. The van der Waals surface area contributed by atoms with Gasteiger partial charge in [-0.25, -0.2) is 4.79 Å². The molecule has 1 amide bonds. The highest BCUT2D eigenvalue weighted by molar-refractivity contribution is 6.30. The van der Waals surface area contributed by atoms with Crippen LogP contribution in [0.2, 0.25) is 5.02 Å². The fourth-order valence-corrected chi connectivity index (χ4v) is 3.22. The third-order valence-electron chi connectivity index (χ3n) is 4.52. The average Bonchev–Trinajstić information content (AvgIpc) is 2.96. The molecule has 164 valence electrons. The maximum Gasteiger partial charge on any atom is 0.418 e. The number of carbonyl (C=O) groups is 2. The van der Waals surface area contributed by atoms with Crippen LogP contribution in [0.4, 0.5) is 18.9 Å². The second kappa shape index (κ2) is 8.84. The first-order chi connectivity index (χ1) is 14.6. The molecular weight excluding hydrogens is 439 g/mol. The zero-order chi connectivity index (χ0) is 22.8. The summed E-state index contributed by atoms with van der Waals surface area (Å²) in [5.41, 5.74) is -0.587. The van der Waals surface area contributed by atoms with Crippen LogP contribution in [0.1, 0.15) is 12.0 Å². The van der Waals surface area contributed by atoms with Gasteiger partial charge in [0.2, 0.25) is 0 Å². The summed E-state index contributed by atoms with van der Waals surface area (Å²) in [6, 6.07) is 9.93. The number of ether oxygens (including phenoxy) is 1. The van der Waals surface area contributed by atoms with Gasteiger partial charge in [-0.1, -0.05) is 23.7 Å². The maximum absolute atomic E-state index is 13.1. The molecule has 1 N–H and O–H groups in total. The number of carbonyl (C=O) groups excluding carboxylic acids is 2. The number of hydrogen-bond acceptors (Lipinski definition) is 4. The van der Waals surface area contributed by atoms with Gasteiger partial charge in [0, 0.05) is 18.6 Å². The van der Waals surface area contributed by atoms with Crippen molar-refractivity contribution >= 4 is 40.2 Å². The Morgan fingerprint density at radius 3 is 2.48 bits per heavy atom. The van der Waals surface area contributed by atoms with E-state index in [-0.39, 0.29) is 23.7 Å². The van der Waals surface area contributed by atoms with Gasteiger partial charge in [0.1, 0.15) is 0 Å². The number of benzene rings is 2. The van der Waals surface area contributed by atoms with Gasteiger partial charge < -0.3 is 10.1 Å². The first-order valence-electron chi connectivity index (χ1n) is 9.04. The van der Waals surface area contributed by atoms with E-state index in [1.165, 1.54) is 15.2 Å². The van der Waals surface area contributed by atoms with Crippen LogP contribution in [0, 0.1) is 0 Å². The number of para-hydroxylation sites is 2. The van der Waals surface area contributed by atoms with Crippen molar-refractivity contribution in [1.29, 1.82) is 0 Å². The maximum atomic E-state index is 13.1. The van der Waals surface area contributed by atoms with E-state index in [9.17, 15) is 27.6 Å². The number of fused-ring (bicyclic) bond motifs is 1. The lowest BCUT2D eigenvalue weighted by Gasteiger charge is -2.14. The molecule has 0 fully saturated rings. The molecule has 0 saturated carbocycles. The molecule has 0 saturated heterocycles. The Balaban J connectivity index is 1.58.